The van der Waals surface area contributed by atoms with Crippen LogP contribution in [0.1, 0.15) is 12.8 Å². The summed E-state index contributed by atoms with van der Waals surface area (Å²) in [6, 6.07) is -2.15. The minimum absolute atomic E-state index is 0. The zero-order chi connectivity index (χ0) is 19.1. The summed E-state index contributed by atoms with van der Waals surface area (Å²) >= 11 is 7.67. The lowest BCUT2D eigenvalue weighted by atomic mass is 10.1. The summed E-state index contributed by atoms with van der Waals surface area (Å²) in [5, 5.41) is 21.4. The van der Waals surface area contributed by atoms with Crippen LogP contribution in [0.2, 0.25) is 0 Å². The van der Waals surface area contributed by atoms with Crippen LogP contribution in [-0.2, 0) is 19.2 Å². The summed E-state index contributed by atoms with van der Waals surface area (Å²) < 4.78 is 0. The molecule has 0 saturated heterocycles. The number of nitrogens with two attached hydrogens (primary N) is 2. The van der Waals surface area contributed by atoms with E-state index >= 15 is 0 Å². The van der Waals surface area contributed by atoms with Crippen molar-refractivity contribution < 1.29 is 29.4 Å². The molecule has 0 aliphatic carbocycles. The number of hydrogen-bond donors (Lipinski definition) is 8. The van der Waals surface area contributed by atoms with Crippen molar-refractivity contribution in [3.63, 3.8) is 0 Å². The molecule has 2 atom stereocenters. The van der Waals surface area contributed by atoms with E-state index in [1.807, 2.05) is 0 Å². The number of carboxylic acid groups (broad SMARTS) is 2. The Hall–Kier alpha value is -1.21. The molecule has 8 N–H and O–H groups in total. The van der Waals surface area contributed by atoms with Gasteiger partial charge in [-0.25, -0.2) is 0 Å². The summed E-state index contributed by atoms with van der Waals surface area (Å²) in [5.41, 5.74) is 10.2. The van der Waals surface area contributed by atoms with Gasteiger partial charge in [-0.05, 0) is 6.42 Å². The molecule has 0 radical (unpaired) electrons. The maximum atomic E-state index is 11.5. The molecular formula is C12H25ClN4O6S2. The highest BCUT2D eigenvalue weighted by molar-refractivity contribution is 7.80. The van der Waals surface area contributed by atoms with E-state index in [9.17, 15) is 19.2 Å². The second-order valence-electron chi connectivity index (χ2n) is 4.41. The summed E-state index contributed by atoms with van der Waals surface area (Å²) in [5.74, 6) is -2.91. The molecule has 25 heavy (non-hydrogen) atoms. The van der Waals surface area contributed by atoms with E-state index in [1.54, 1.807) is 0 Å². The molecule has 0 aliphatic heterocycles. The molecule has 2 unspecified atom stereocenters. The molecule has 0 saturated carbocycles. The molecule has 0 aromatic heterocycles. The summed E-state index contributed by atoms with van der Waals surface area (Å²) in [4.78, 5) is 43.7. The number of halogens is 1. The van der Waals surface area contributed by atoms with E-state index in [1.165, 1.54) is 0 Å². The average Bonchev–Trinajstić information content (AvgIpc) is 2.55. The fraction of sp³-hybridized carbons (Fsp3) is 0.667. The summed E-state index contributed by atoms with van der Waals surface area (Å²) in [6.45, 7) is 0.117. The van der Waals surface area contributed by atoms with Crippen LogP contribution >= 0.6 is 37.7 Å². The molecule has 0 bridgehead atoms. The predicted octanol–water partition coefficient (Wildman–Crippen LogP) is -1.91. The van der Waals surface area contributed by atoms with Gasteiger partial charge in [0.1, 0.15) is 18.6 Å². The first-order valence-corrected chi connectivity index (χ1v) is 8.15. The zero-order valence-electron chi connectivity index (χ0n) is 13.4. The van der Waals surface area contributed by atoms with Crippen LogP contribution in [-0.4, -0.2) is 70.6 Å². The Kier molecular flexibility index (Phi) is 20.1. The van der Waals surface area contributed by atoms with Crippen LogP contribution in [0.3, 0.4) is 0 Å². The standard InChI is InChI=1S/C10H17N3O6S.C2H7NS.ClH/c11-5(10(18)19)1-2-7(14)13-6(4-20)9(17)12-3-8(15)16;3-1-2-4;/h5-6,20H,1-4,11H2,(H,12,17)(H,13,14)(H,15,16)(H,18,19);4H,1-3H2;1H. The van der Waals surface area contributed by atoms with Gasteiger partial charge in [0.25, 0.3) is 0 Å². The Morgan fingerprint density at radius 2 is 1.64 bits per heavy atom. The SMILES string of the molecule is Cl.NC(CCC(=O)NC(CS)C(=O)NCC(=O)O)C(=O)O.NCCS. The molecule has 0 spiro atoms. The van der Waals surface area contributed by atoms with Gasteiger partial charge >= 0.3 is 11.9 Å². The molecule has 0 aromatic rings. The molecule has 2 amide bonds. The van der Waals surface area contributed by atoms with Crippen molar-refractivity contribution in [2.75, 3.05) is 24.6 Å². The Labute approximate surface area is 162 Å². The minimum atomic E-state index is -1.22. The second kappa shape index (κ2) is 17.6. The molecule has 10 nitrogen and oxygen atoms in total. The summed E-state index contributed by atoms with van der Waals surface area (Å²) in [6.07, 6.45) is -0.235. The smallest absolute Gasteiger partial charge is 0.322 e. The van der Waals surface area contributed by atoms with E-state index in [4.69, 9.17) is 21.7 Å². The number of hydrogen-bond acceptors (Lipinski definition) is 8. The highest BCUT2D eigenvalue weighted by Crippen LogP contribution is 1.97. The predicted molar refractivity (Wildman–Crippen MR) is 101 cm³/mol. The quantitative estimate of drug-likeness (QED) is 0.188. The van der Waals surface area contributed by atoms with Gasteiger partial charge < -0.3 is 32.3 Å². The highest BCUT2D eigenvalue weighted by atomic mass is 35.5. The van der Waals surface area contributed by atoms with E-state index < -0.39 is 42.4 Å². The third kappa shape index (κ3) is 17.4. The number of rotatable bonds is 10. The van der Waals surface area contributed by atoms with Crippen molar-refractivity contribution in [1.29, 1.82) is 0 Å². The molecule has 0 fully saturated rings. The Balaban J connectivity index is -0.000000867. The Bertz CT molecular complexity index is 428. The van der Waals surface area contributed by atoms with Crippen molar-refractivity contribution in [2.45, 2.75) is 24.9 Å². The lowest BCUT2D eigenvalue weighted by Crippen LogP contribution is -2.49. The molecule has 148 valence electrons. The van der Waals surface area contributed by atoms with Gasteiger partial charge in [0.05, 0.1) is 0 Å². The topological polar surface area (TPSA) is 185 Å². The van der Waals surface area contributed by atoms with Crippen LogP contribution in [0.25, 0.3) is 0 Å². The van der Waals surface area contributed by atoms with E-state index in [-0.39, 0.29) is 31.0 Å². The van der Waals surface area contributed by atoms with Crippen LogP contribution in [0, 0.1) is 0 Å². The summed E-state index contributed by atoms with van der Waals surface area (Å²) in [7, 11) is 0. The van der Waals surface area contributed by atoms with E-state index in [2.05, 4.69) is 35.9 Å². The highest BCUT2D eigenvalue weighted by Gasteiger charge is 2.20. The van der Waals surface area contributed by atoms with Crippen molar-refractivity contribution in [3.05, 3.63) is 0 Å². The van der Waals surface area contributed by atoms with Gasteiger partial charge in [0, 0.05) is 24.5 Å². The fourth-order valence-corrected chi connectivity index (χ4v) is 1.41. The van der Waals surface area contributed by atoms with Gasteiger partial charge in [0.15, 0.2) is 0 Å². The van der Waals surface area contributed by atoms with Crippen molar-refractivity contribution >= 4 is 61.4 Å². The molecular weight excluding hydrogens is 396 g/mol. The maximum absolute atomic E-state index is 11.5. The fourth-order valence-electron chi connectivity index (χ4n) is 1.16. The van der Waals surface area contributed by atoms with Crippen molar-refractivity contribution in [1.82, 2.24) is 10.6 Å². The molecule has 0 aromatic carbocycles. The number of carbonyl (C=O) groups is 4. The third-order valence-corrected chi connectivity index (χ3v) is 3.00. The van der Waals surface area contributed by atoms with Gasteiger partial charge in [-0.2, -0.15) is 25.3 Å². The van der Waals surface area contributed by atoms with Crippen molar-refractivity contribution in [2.24, 2.45) is 11.5 Å². The number of carboxylic acids is 2. The number of nitrogens with one attached hydrogen (secondary N) is 2. The molecule has 0 heterocycles. The van der Waals surface area contributed by atoms with Crippen LogP contribution in [0.15, 0.2) is 0 Å². The average molecular weight is 421 g/mol. The van der Waals surface area contributed by atoms with Crippen LogP contribution in [0.5, 0.6) is 0 Å². The first kappa shape index (κ1) is 28.6. The van der Waals surface area contributed by atoms with E-state index in [0.717, 1.165) is 5.75 Å². The third-order valence-electron chi connectivity index (χ3n) is 2.38. The zero-order valence-corrected chi connectivity index (χ0v) is 16.0. The molecule has 0 rings (SSSR count). The number of carbonyl (C=O) groups excluding carboxylic acids is 2. The number of aliphatic carboxylic acids is 2. The van der Waals surface area contributed by atoms with Gasteiger partial charge in [-0.1, -0.05) is 0 Å². The second-order valence-corrected chi connectivity index (χ2v) is 5.22. The Morgan fingerprint density at radius 1 is 1.12 bits per heavy atom. The largest absolute Gasteiger partial charge is 0.480 e. The number of thiol groups is 2. The molecule has 0 aliphatic rings. The van der Waals surface area contributed by atoms with Gasteiger partial charge in [-0.3, -0.25) is 19.2 Å². The normalized spacial score (nSPS) is 11.7. The van der Waals surface area contributed by atoms with E-state index in [0.29, 0.717) is 6.54 Å². The van der Waals surface area contributed by atoms with Gasteiger partial charge in [-0.15, -0.1) is 12.4 Å². The lowest BCUT2D eigenvalue weighted by Gasteiger charge is -2.16. The monoisotopic (exact) mass is 420 g/mol. The van der Waals surface area contributed by atoms with Crippen LogP contribution < -0.4 is 22.1 Å². The number of amides is 2. The van der Waals surface area contributed by atoms with Crippen LogP contribution in [0.4, 0.5) is 0 Å². The maximum Gasteiger partial charge on any atom is 0.322 e. The first-order valence-electron chi connectivity index (χ1n) is 6.88. The minimum Gasteiger partial charge on any atom is -0.480 e. The Morgan fingerprint density at radius 3 is 2.00 bits per heavy atom. The van der Waals surface area contributed by atoms with Gasteiger partial charge in [0.2, 0.25) is 11.8 Å². The molecule has 13 heteroatoms. The lowest BCUT2D eigenvalue weighted by molar-refractivity contribution is -0.139. The van der Waals surface area contributed by atoms with Crippen molar-refractivity contribution in [3.8, 4) is 0 Å². The first-order chi connectivity index (χ1) is 11.2.